The predicted octanol–water partition coefficient (Wildman–Crippen LogP) is 4.76. The number of halogens is 4. The van der Waals surface area contributed by atoms with Crippen LogP contribution in [0, 0.1) is 11.8 Å². The molecule has 0 bridgehead atoms. The Labute approximate surface area is 120 Å². The molecule has 1 aromatic heterocycles. The largest absolute Gasteiger partial charge is 0.433 e. The molecule has 0 aromatic carbocycles. The van der Waals surface area contributed by atoms with Gasteiger partial charge in [-0.1, -0.05) is 31.4 Å². The van der Waals surface area contributed by atoms with E-state index in [-0.39, 0.29) is 22.4 Å². The van der Waals surface area contributed by atoms with Crippen LogP contribution in [-0.2, 0) is 6.18 Å². The minimum Gasteiger partial charge on any atom is -0.294 e. The van der Waals surface area contributed by atoms with Gasteiger partial charge in [-0.05, 0) is 30.9 Å². The van der Waals surface area contributed by atoms with E-state index < -0.39 is 11.9 Å². The number of hydrogen-bond acceptors (Lipinski definition) is 2. The van der Waals surface area contributed by atoms with Gasteiger partial charge in [-0.25, -0.2) is 4.98 Å². The molecule has 0 N–H and O–H groups in total. The smallest absolute Gasteiger partial charge is 0.294 e. The third-order valence-electron chi connectivity index (χ3n) is 3.79. The summed E-state index contributed by atoms with van der Waals surface area (Å²) in [6.07, 6.45) is -1.11. The Morgan fingerprint density at radius 1 is 1.25 bits per heavy atom. The number of rotatable bonds is 2. The third kappa shape index (κ3) is 3.32. The van der Waals surface area contributed by atoms with E-state index in [0.29, 0.717) is 5.92 Å². The zero-order chi connectivity index (χ0) is 14.9. The molecule has 0 amide bonds. The highest BCUT2D eigenvalue weighted by Crippen LogP contribution is 2.33. The fourth-order valence-electron chi connectivity index (χ4n) is 2.52. The van der Waals surface area contributed by atoms with Gasteiger partial charge in [0.15, 0.2) is 5.78 Å². The van der Waals surface area contributed by atoms with Crippen LogP contribution >= 0.6 is 11.6 Å². The Kier molecular flexibility index (Phi) is 4.37. The van der Waals surface area contributed by atoms with Crippen molar-refractivity contribution in [3.8, 4) is 0 Å². The Hall–Kier alpha value is -1.10. The third-order valence-corrected chi connectivity index (χ3v) is 4.08. The second kappa shape index (κ2) is 5.72. The van der Waals surface area contributed by atoms with Gasteiger partial charge < -0.3 is 0 Å². The van der Waals surface area contributed by atoms with Crippen molar-refractivity contribution in [2.75, 3.05) is 0 Å². The molecule has 1 aromatic rings. The molecule has 0 unspecified atom stereocenters. The van der Waals surface area contributed by atoms with E-state index in [1.54, 1.807) is 0 Å². The van der Waals surface area contributed by atoms with Gasteiger partial charge in [0, 0.05) is 5.92 Å². The van der Waals surface area contributed by atoms with Crippen LogP contribution in [0.3, 0.4) is 0 Å². The second-order valence-corrected chi connectivity index (χ2v) is 5.71. The topological polar surface area (TPSA) is 30.0 Å². The molecule has 1 fully saturated rings. The van der Waals surface area contributed by atoms with Crippen molar-refractivity contribution >= 4 is 17.4 Å². The number of hydrogen-bond donors (Lipinski definition) is 0. The lowest BCUT2D eigenvalue weighted by atomic mass is 9.79. The molecule has 2 rings (SSSR count). The van der Waals surface area contributed by atoms with E-state index in [1.807, 2.05) is 0 Å². The first kappa shape index (κ1) is 15.3. The normalized spacial score (nSPS) is 23.6. The summed E-state index contributed by atoms with van der Waals surface area (Å²) in [5, 5.41) is -0.358. The average molecular weight is 306 g/mol. The molecule has 0 atom stereocenters. The van der Waals surface area contributed by atoms with Gasteiger partial charge in [0.2, 0.25) is 0 Å². The molecule has 1 heterocycles. The summed E-state index contributed by atoms with van der Waals surface area (Å²) >= 11 is 5.75. The lowest BCUT2D eigenvalue weighted by molar-refractivity contribution is -0.141. The molecule has 0 saturated heterocycles. The minimum atomic E-state index is -4.55. The summed E-state index contributed by atoms with van der Waals surface area (Å²) < 4.78 is 37.5. The molecule has 110 valence electrons. The van der Waals surface area contributed by atoms with Gasteiger partial charge in [0.05, 0.1) is 5.56 Å². The van der Waals surface area contributed by atoms with Crippen molar-refractivity contribution in [2.45, 2.75) is 38.8 Å². The minimum absolute atomic E-state index is 0.0965. The molecule has 0 aliphatic heterocycles. The second-order valence-electron chi connectivity index (χ2n) is 5.35. The van der Waals surface area contributed by atoms with Crippen molar-refractivity contribution in [2.24, 2.45) is 11.8 Å². The van der Waals surface area contributed by atoms with Crippen LogP contribution in [0.15, 0.2) is 12.1 Å². The molecule has 1 aliphatic rings. The van der Waals surface area contributed by atoms with Crippen LogP contribution in [-0.4, -0.2) is 10.8 Å². The van der Waals surface area contributed by atoms with Crippen LogP contribution in [0.5, 0.6) is 0 Å². The fourth-order valence-corrected chi connectivity index (χ4v) is 2.77. The van der Waals surface area contributed by atoms with Crippen molar-refractivity contribution < 1.29 is 18.0 Å². The van der Waals surface area contributed by atoms with Gasteiger partial charge in [-0.3, -0.25) is 4.79 Å². The van der Waals surface area contributed by atoms with Crippen LogP contribution in [0.4, 0.5) is 13.2 Å². The van der Waals surface area contributed by atoms with Crippen molar-refractivity contribution in [1.29, 1.82) is 0 Å². The zero-order valence-corrected chi connectivity index (χ0v) is 11.8. The van der Waals surface area contributed by atoms with E-state index in [0.717, 1.165) is 37.8 Å². The monoisotopic (exact) mass is 305 g/mol. The molecular formula is C14H15ClF3NO. The van der Waals surface area contributed by atoms with E-state index in [1.165, 1.54) is 0 Å². The molecule has 1 saturated carbocycles. The van der Waals surface area contributed by atoms with E-state index >= 15 is 0 Å². The number of carbonyl (C=O) groups excluding carboxylic acids is 1. The molecule has 0 spiro atoms. The Morgan fingerprint density at radius 2 is 1.85 bits per heavy atom. The SMILES string of the molecule is CC1CCC(C(=O)c2ccc(C(F)(F)F)nc2Cl)CC1. The highest BCUT2D eigenvalue weighted by molar-refractivity contribution is 6.32. The highest BCUT2D eigenvalue weighted by Gasteiger charge is 2.34. The lowest BCUT2D eigenvalue weighted by Crippen LogP contribution is -2.22. The van der Waals surface area contributed by atoms with Crippen molar-refractivity contribution in [3.05, 3.63) is 28.5 Å². The first-order valence-corrected chi connectivity index (χ1v) is 6.94. The van der Waals surface area contributed by atoms with Crippen LogP contribution in [0.1, 0.15) is 48.7 Å². The summed E-state index contributed by atoms with van der Waals surface area (Å²) in [6, 6.07) is 1.95. The maximum Gasteiger partial charge on any atom is 0.433 e. The maximum atomic E-state index is 12.5. The summed E-state index contributed by atoms with van der Waals surface area (Å²) in [5.41, 5.74) is -0.976. The molecule has 2 nitrogen and oxygen atoms in total. The quantitative estimate of drug-likeness (QED) is 0.582. The number of ketones is 1. The maximum absolute atomic E-state index is 12.5. The average Bonchev–Trinajstić information content (AvgIpc) is 2.37. The number of Topliss-reactive ketones (excluding diaryl/α,β-unsaturated/α-hetero) is 1. The Morgan fingerprint density at radius 3 is 2.35 bits per heavy atom. The molecule has 6 heteroatoms. The van der Waals surface area contributed by atoms with Gasteiger partial charge in [-0.2, -0.15) is 13.2 Å². The number of pyridine rings is 1. The summed E-state index contributed by atoms with van der Waals surface area (Å²) in [6.45, 7) is 2.13. The number of carbonyl (C=O) groups is 1. The molecular weight excluding hydrogens is 291 g/mol. The van der Waals surface area contributed by atoms with Gasteiger partial charge in [0.25, 0.3) is 0 Å². The van der Waals surface area contributed by atoms with Gasteiger partial charge >= 0.3 is 6.18 Å². The summed E-state index contributed by atoms with van der Waals surface area (Å²) in [7, 11) is 0. The molecule has 0 radical (unpaired) electrons. The van der Waals surface area contributed by atoms with Crippen molar-refractivity contribution in [1.82, 2.24) is 4.98 Å². The number of alkyl halides is 3. The first-order valence-electron chi connectivity index (χ1n) is 6.57. The van der Waals surface area contributed by atoms with Crippen molar-refractivity contribution in [3.63, 3.8) is 0 Å². The Balaban J connectivity index is 2.19. The summed E-state index contributed by atoms with van der Waals surface area (Å²) in [4.78, 5) is 15.6. The van der Waals surface area contributed by atoms with E-state index in [2.05, 4.69) is 11.9 Å². The lowest BCUT2D eigenvalue weighted by Gasteiger charge is -2.25. The molecule has 20 heavy (non-hydrogen) atoms. The number of nitrogens with zero attached hydrogens (tertiary/aromatic N) is 1. The van der Waals surface area contributed by atoms with Gasteiger partial charge in [0.1, 0.15) is 10.8 Å². The van der Waals surface area contributed by atoms with Crippen LogP contribution in [0.2, 0.25) is 5.15 Å². The fraction of sp³-hybridized carbons (Fsp3) is 0.571. The number of aromatic nitrogens is 1. The van der Waals surface area contributed by atoms with Gasteiger partial charge in [-0.15, -0.1) is 0 Å². The molecule has 1 aliphatic carbocycles. The van der Waals surface area contributed by atoms with Crippen LogP contribution in [0.25, 0.3) is 0 Å². The summed E-state index contributed by atoms with van der Waals surface area (Å²) in [5.74, 6) is 0.255. The zero-order valence-electron chi connectivity index (χ0n) is 11.0. The predicted molar refractivity (Wildman–Crippen MR) is 69.7 cm³/mol. The Bertz CT molecular complexity index is 508. The first-order chi connectivity index (χ1) is 9.29. The standard InChI is InChI=1S/C14H15ClF3NO/c1-8-2-4-9(5-3-8)12(20)10-6-7-11(14(16,17)18)19-13(10)15/h6-9H,2-5H2,1H3. The highest BCUT2D eigenvalue weighted by atomic mass is 35.5. The van der Waals surface area contributed by atoms with E-state index in [9.17, 15) is 18.0 Å². The van der Waals surface area contributed by atoms with Crippen LogP contribution < -0.4 is 0 Å². The van der Waals surface area contributed by atoms with E-state index in [4.69, 9.17) is 11.6 Å².